The van der Waals surface area contributed by atoms with E-state index in [0.717, 1.165) is 25.1 Å². The standard InChI is InChI=1S/C11H16N2O5S/c14-10(15)9-5-8(6-12-9)19(17,18)13-7-11(16)3-1-2-4-11/h5-6,12-13,16H,1-4,7H2,(H,14,15). The number of nitrogens with one attached hydrogen (secondary N) is 2. The number of aromatic amines is 1. The van der Waals surface area contributed by atoms with E-state index in [9.17, 15) is 18.3 Å². The number of rotatable bonds is 5. The normalized spacial score (nSPS) is 18.6. The van der Waals surface area contributed by atoms with E-state index in [2.05, 4.69) is 9.71 Å². The van der Waals surface area contributed by atoms with Gasteiger partial charge in [0.25, 0.3) is 0 Å². The molecular formula is C11H16N2O5S. The molecule has 0 spiro atoms. The highest BCUT2D eigenvalue weighted by Gasteiger charge is 2.32. The zero-order valence-electron chi connectivity index (χ0n) is 10.2. The molecular weight excluding hydrogens is 272 g/mol. The summed E-state index contributed by atoms with van der Waals surface area (Å²) >= 11 is 0. The van der Waals surface area contributed by atoms with Gasteiger partial charge in [-0.15, -0.1) is 0 Å². The summed E-state index contributed by atoms with van der Waals surface area (Å²) in [6, 6.07) is 1.05. The number of aliphatic hydroxyl groups is 1. The molecule has 1 aliphatic carbocycles. The molecule has 4 N–H and O–H groups in total. The molecule has 0 bridgehead atoms. The molecule has 1 aromatic heterocycles. The van der Waals surface area contributed by atoms with Gasteiger partial charge in [-0.25, -0.2) is 17.9 Å². The Bertz CT molecular complexity index is 572. The summed E-state index contributed by atoms with van der Waals surface area (Å²) < 4.78 is 26.2. The number of sulfonamides is 1. The van der Waals surface area contributed by atoms with Gasteiger partial charge < -0.3 is 15.2 Å². The molecule has 7 nitrogen and oxygen atoms in total. The van der Waals surface area contributed by atoms with Crippen LogP contribution in [-0.2, 0) is 10.0 Å². The number of carboxylic acid groups (broad SMARTS) is 1. The highest BCUT2D eigenvalue weighted by atomic mass is 32.2. The van der Waals surface area contributed by atoms with Gasteiger partial charge in [-0.3, -0.25) is 0 Å². The van der Waals surface area contributed by atoms with Crippen LogP contribution < -0.4 is 4.72 Å². The Morgan fingerprint density at radius 2 is 2.05 bits per heavy atom. The third-order valence-corrected chi connectivity index (χ3v) is 4.70. The Hall–Kier alpha value is -1.38. The van der Waals surface area contributed by atoms with Gasteiger partial charge in [0, 0.05) is 12.7 Å². The lowest BCUT2D eigenvalue weighted by Crippen LogP contribution is -2.40. The van der Waals surface area contributed by atoms with Crippen molar-refractivity contribution in [3.63, 3.8) is 0 Å². The Kier molecular flexibility index (Phi) is 3.66. The molecule has 19 heavy (non-hydrogen) atoms. The van der Waals surface area contributed by atoms with E-state index in [1.165, 1.54) is 0 Å². The summed E-state index contributed by atoms with van der Waals surface area (Å²) in [6.45, 7) is -0.0527. The fraction of sp³-hybridized carbons (Fsp3) is 0.545. The number of carboxylic acids is 1. The van der Waals surface area contributed by atoms with E-state index < -0.39 is 21.6 Å². The molecule has 0 radical (unpaired) electrons. The fourth-order valence-corrected chi connectivity index (χ4v) is 3.29. The zero-order chi connectivity index (χ0) is 14.1. The van der Waals surface area contributed by atoms with Crippen molar-refractivity contribution in [2.45, 2.75) is 36.2 Å². The predicted octanol–water partition coefficient (Wildman–Crippen LogP) is 0.296. The van der Waals surface area contributed by atoms with Crippen molar-refractivity contribution in [3.8, 4) is 0 Å². The molecule has 2 rings (SSSR count). The first kappa shape index (κ1) is 14.0. The summed E-state index contributed by atoms with van der Waals surface area (Å²) in [7, 11) is -3.80. The summed E-state index contributed by atoms with van der Waals surface area (Å²) in [4.78, 5) is 12.9. The van der Waals surface area contributed by atoms with E-state index in [-0.39, 0.29) is 17.1 Å². The van der Waals surface area contributed by atoms with Crippen LogP contribution in [0.25, 0.3) is 0 Å². The number of carbonyl (C=O) groups is 1. The minimum atomic E-state index is -3.80. The number of hydrogen-bond donors (Lipinski definition) is 4. The number of H-pyrrole nitrogens is 1. The first-order valence-electron chi connectivity index (χ1n) is 5.96. The molecule has 1 heterocycles. The van der Waals surface area contributed by atoms with Gasteiger partial charge in [-0.1, -0.05) is 12.8 Å². The average molecular weight is 288 g/mol. The summed E-state index contributed by atoms with van der Waals surface area (Å²) in [6.07, 6.45) is 4.02. The first-order chi connectivity index (χ1) is 8.82. The third kappa shape index (κ3) is 3.14. The van der Waals surface area contributed by atoms with Gasteiger partial charge >= 0.3 is 5.97 Å². The van der Waals surface area contributed by atoms with E-state index in [0.29, 0.717) is 12.8 Å². The quantitative estimate of drug-likeness (QED) is 0.621. The number of hydrogen-bond acceptors (Lipinski definition) is 4. The van der Waals surface area contributed by atoms with Crippen molar-refractivity contribution in [2.75, 3.05) is 6.54 Å². The minimum absolute atomic E-state index is 0.0527. The van der Waals surface area contributed by atoms with E-state index >= 15 is 0 Å². The molecule has 1 saturated carbocycles. The van der Waals surface area contributed by atoms with E-state index in [4.69, 9.17) is 5.11 Å². The second-order valence-electron chi connectivity index (χ2n) is 4.81. The SMILES string of the molecule is O=C(O)c1cc(S(=O)(=O)NCC2(O)CCCC2)c[nH]1. The van der Waals surface area contributed by atoms with Gasteiger partial charge in [0.1, 0.15) is 10.6 Å². The molecule has 0 unspecified atom stereocenters. The van der Waals surface area contributed by atoms with Gasteiger partial charge in [0.15, 0.2) is 0 Å². The maximum atomic E-state index is 11.9. The van der Waals surface area contributed by atoms with E-state index in [1.54, 1.807) is 0 Å². The smallest absolute Gasteiger partial charge is 0.352 e. The van der Waals surface area contributed by atoms with E-state index in [1.807, 2.05) is 0 Å². The largest absolute Gasteiger partial charge is 0.477 e. The number of aromatic carboxylic acids is 1. The van der Waals surface area contributed by atoms with Gasteiger partial charge in [0.05, 0.1) is 5.60 Å². The van der Waals surface area contributed by atoms with Crippen LogP contribution in [0.1, 0.15) is 36.2 Å². The summed E-state index contributed by atoms with van der Waals surface area (Å²) in [5, 5.41) is 18.8. The lowest BCUT2D eigenvalue weighted by molar-refractivity contribution is 0.0531. The minimum Gasteiger partial charge on any atom is -0.477 e. The maximum absolute atomic E-state index is 11.9. The maximum Gasteiger partial charge on any atom is 0.352 e. The Balaban J connectivity index is 2.07. The van der Waals surface area contributed by atoms with Crippen LogP contribution in [0.4, 0.5) is 0 Å². The van der Waals surface area contributed by atoms with Crippen molar-refractivity contribution in [3.05, 3.63) is 18.0 Å². The fourth-order valence-electron chi connectivity index (χ4n) is 2.18. The molecule has 1 fully saturated rings. The third-order valence-electron chi connectivity index (χ3n) is 3.32. The Morgan fingerprint density at radius 1 is 1.42 bits per heavy atom. The number of aromatic nitrogens is 1. The highest BCUT2D eigenvalue weighted by molar-refractivity contribution is 7.89. The zero-order valence-corrected chi connectivity index (χ0v) is 11.0. The molecule has 0 amide bonds. The molecule has 1 aromatic rings. The second kappa shape index (κ2) is 4.95. The molecule has 106 valence electrons. The van der Waals surface area contributed by atoms with Crippen LogP contribution in [0, 0.1) is 0 Å². The van der Waals surface area contributed by atoms with Crippen LogP contribution in [0.3, 0.4) is 0 Å². The molecule has 0 aliphatic heterocycles. The average Bonchev–Trinajstić information content (AvgIpc) is 2.96. The second-order valence-corrected chi connectivity index (χ2v) is 6.58. The highest BCUT2D eigenvalue weighted by Crippen LogP contribution is 2.29. The lowest BCUT2D eigenvalue weighted by Gasteiger charge is -2.21. The predicted molar refractivity (Wildman–Crippen MR) is 66.4 cm³/mol. The van der Waals surface area contributed by atoms with Crippen molar-refractivity contribution < 1.29 is 23.4 Å². The van der Waals surface area contributed by atoms with Crippen molar-refractivity contribution in [1.82, 2.24) is 9.71 Å². The summed E-state index contributed by atoms with van der Waals surface area (Å²) in [5.74, 6) is -1.23. The molecule has 8 heteroatoms. The monoisotopic (exact) mass is 288 g/mol. The Morgan fingerprint density at radius 3 is 2.58 bits per heavy atom. The van der Waals surface area contributed by atoms with Crippen molar-refractivity contribution >= 4 is 16.0 Å². The van der Waals surface area contributed by atoms with Crippen LogP contribution in [0.15, 0.2) is 17.2 Å². The van der Waals surface area contributed by atoms with Crippen LogP contribution >= 0.6 is 0 Å². The van der Waals surface area contributed by atoms with Crippen LogP contribution in [0.2, 0.25) is 0 Å². The Labute approximate surface area is 110 Å². The first-order valence-corrected chi connectivity index (χ1v) is 7.44. The topological polar surface area (TPSA) is 119 Å². The van der Waals surface area contributed by atoms with Crippen molar-refractivity contribution in [1.29, 1.82) is 0 Å². The van der Waals surface area contributed by atoms with Crippen LogP contribution in [0.5, 0.6) is 0 Å². The molecule has 1 aliphatic rings. The van der Waals surface area contributed by atoms with Gasteiger partial charge in [-0.2, -0.15) is 0 Å². The van der Waals surface area contributed by atoms with Crippen LogP contribution in [-0.4, -0.2) is 41.7 Å². The van der Waals surface area contributed by atoms with Gasteiger partial charge in [-0.05, 0) is 18.9 Å². The van der Waals surface area contributed by atoms with Crippen molar-refractivity contribution in [2.24, 2.45) is 0 Å². The molecule has 0 saturated heterocycles. The summed E-state index contributed by atoms with van der Waals surface area (Å²) in [5.41, 5.74) is -1.18. The lowest BCUT2D eigenvalue weighted by atomic mass is 10.0. The molecule has 0 aromatic carbocycles. The van der Waals surface area contributed by atoms with Gasteiger partial charge in [0.2, 0.25) is 10.0 Å². The molecule has 0 atom stereocenters.